The topological polar surface area (TPSA) is 81.7 Å². The monoisotopic (exact) mass is 526 g/mol. The molecule has 1 aliphatic rings. The standard InChI is InChI=1S/C30H38O8/c1-32-13-15-34-20-24(21-35-16-14-33-2)22-36-17-18-37-23-30(31)38-29-19-27-9-4-3-7-25(27)11-12-26-8-5-6-10-28(26)29/h3-10,24,29H,13-23H2,1-2H3. The van der Waals surface area contributed by atoms with Gasteiger partial charge in [-0.2, -0.15) is 0 Å². The fourth-order valence-corrected chi connectivity index (χ4v) is 3.91. The summed E-state index contributed by atoms with van der Waals surface area (Å²) in [4.78, 5) is 12.6. The smallest absolute Gasteiger partial charge is 0.332 e. The maximum atomic E-state index is 12.6. The van der Waals surface area contributed by atoms with Crippen LogP contribution in [-0.4, -0.2) is 86.3 Å². The highest BCUT2D eigenvalue weighted by molar-refractivity contribution is 5.71. The van der Waals surface area contributed by atoms with Gasteiger partial charge in [0.05, 0.1) is 59.5 Å². The van der Waals surface area contributed by atoms with E-state index in [2.05, 4.69) is 11.8 Å². The average molecular weight is 527 g/mol. The van der Waals surface area contributed by atoms with E-state index in [1.54, 1.807) is 14.2 Å². The van der Waals surface area contributed by atoms with Crippen molar-refractivity contribution in [3.8, 4) is 11.8 Å². The zero-order chi connectivity index (χ0) is 26.8. The molecule has 2 aromatic carbocycles. The van der Waals surface area contributed by atoms with E-state index in [4.69, 9.17) is 33.2 Å². The molecule has 0 bridgehead atoms. The quantitative estimate of drug-likeness (QED) is 0.166. The van der Waals surface area contributed by atoms with Crippen LogP contribution in [0.15, 0.2) is 48.5 Å². The summed E-state index contributed by atoms with van der Waals surface area (Å²) >= 11 is 0. The third kappa shape index (κ3) is 10.5. The van der Waals surface area contributed by atoms with Gasteiger partial charge in [0, 0.05) is 43.2 Å². The molecule has 0 radical (unpaired) electrons. The van der Waals surface area contributed by atoms with Crippen LogP contribution in [0.4, 0.5) is 0 Å². The van der Waals surface area contributed by atoms with Gasteiger partial charge in [0.2, 0.25) is 0 Å². The summed E-state index contributed by atoms with van der Waals surface area (Å²) in [6.07, 6.45) is 0.114. The average Bonchev–Trinajstić information content (AvgIpc) is 2.93. The Labute approximate surface area is 225 Å². The van der Waals surface area contributed by atoms with Crippen molar-refractivity contribution in [3.63, 3.8) is 0 Å². The van der Waals surface area contributed by atoms with Gasteiger partial charge in [-0.15, -0.1) is 0 Å². The largest absolute Gasteiger partial charge is 0.455 e. The molecular formula is C30H38O8. The first-order valence-corrected chi connectivity index (χ1v) is 12.9. The first-order valence-electron chi connectivity index (χ1n) is 12.9. The zero-order valence-corrected chi connectivity index (χ0v) is 22.3. The number of esters is 1. The molecule has 2 aromatic rings. The van der Waals surface area contributed by atoms with Crippen molar-refractivity contribution < 1.29 is 38.0 Å². The lowest BCUT2D eigenvalue weighted by molar-refractivity contribution is -0.155. The summed E-state index contributed by atoms with van der Waals surface area (Å²) in [7, 11) is 3.27. The minimum Gasteiger partial charge on any atom is -0.455 e. The molecule has 0 N–H and O–H groups in total. The SMILES string of the molecule is COCCOCC(COCCOC)COCCOCC(=O)OC1Cc2ccccc2C#Cc2ccccc21. The lowest BCUT2D eigenvalue weighted by Gasteiger charge is -2.22. The second-order valence-corrected chi connectivity index (χ2v) is 8.81. The number of benzene rings is 2. The van der Waals surface area contributed by atoms with Crippen LogP contribution in [0.3, 0.4) is 0 Å². The van der Waals surface area contributed by atoms with Crippen molar-refractivity contribution in [1.82, 2.24) is 0 Å². The van der Waals surface area contributed by atoms with Gasteiger partial charge in [-0.3, -0.25) is 0 Å². The molecule has 206 valence electrons. The van der Waals surface area contributed by atoms with E-state index >= 15 is 0 Å². The molecule has 1 atom stereocenters. The number of ether oxygens (including phenoxy) is 7. The van der Waals surface area contributed by atoms with Crippen molar-refractivity contribution >= 4 is 5.97 Å². The normalized spacial score (nSPS) is 14.1. The van der Waals surface area contributed by atoms with Gasteiger partial charge in [0.15, 0.2) is 0 Å². The molecule has 8 heteroatoms. The minimum atomic E-state index is -0.439. The van der Waals surface area contributed by atoms with Crippen molar-refractivity contribution in [1.29, 1.82) is 0 Å². The zero-order valence-electron chi connectivity index (χ0n) is 22.3. The first-order chi connectivity index (χ1) is 18.7. The van der Waals surface area contributed by atoms with Crippen LogP contribution >= 0.6 is 0 Å². The number of methoxy groups -OCH3 is 2. The van der Waals surface area contributed by atoms with E-state index < -0.39 is 12.1 Å². The van der Waals surface area contributed by atoms with Gasteiger partial charge in [-0.25, -0.2) is 4.79 Å². The van der Waals surface area contributed by atoms with Gasteiger partial charge in [0.1, 0.15) is 12.7 Å². The number of hydrogen-bond donors (Lipinski definition) is 0. The molecule has 0 heterocycles. The van der Waals surface area contributed by atoms with Crippen molar-refractivity contribution in [3.05, 3.63) is 70.8 Å². The molecule has 38 heavy (non-hydrogen) atoms. The van der Waals surface area contributed by atoms with E-state index in [-0.39, 0.29) is 19.1 Å². The third-order valence-corrected chi connectivity index (χ3v) is 5.85. The third-order valence-electron chi connectivity index (χ3n) is 5.85. The molecule has 0 aliphatic heterocycles. The van der Waals surface area contributed by atoms with E-state index in [0.29, 0.717) is 59.3 Å². The van der Waals surface area contributed by atoms with E-state index in [9.17, 15) is 4.79 Å². The Hall–Kier alpha value is -2.77. The van der Waals surface area contributed by atoms with Gasteiger partial charge in [-0.1, -0.05) is 48.2 Å². The van der Waals surface area contributed by atoms with Crippen LogP contribution in [0.5, 0.6) is 0 Å². The summed E-state index contributed by atoms with van der Waals surface area (Å²) < 4.78 is 38.4. The maximum Gasteiger partial charge on any atom is 0.332 e. The molecular weight excluding hydrogens is 488 g/mol. The van der Waals surface area contributed by atoms with Crippen LogP contribution in [0.25, 0.3) is 0 Å². The van der Waals surface area contributed by atoms with Crippen molar-refractivity contribution in [2.24, 2.45) is 5.92 Å². The lowest BCUT2D eigenvalue weighted by atomic mass is 9.92. The Morgan fingerprint density at radius 3 is 2.00 bits per heavy atom. The van der Waals surface area contributed by atoms with Crippen molar-refractivity contribution in [2.75, 3.05) is 80.3 Å². The van der Waals surface area contributed by atoms with Crippen LogP contribution in [0, 0.1) is 17.8 Å². The predicted molar refractivity (Wildman–Crippen MR) is 142 cm³/mol. The van der Waals surface area contributed by atoms with Crippen LogP contribution in [0.1, 0.15) is 28.4 Å². The summed E-state index contributed by atoms with van der Waals surface area (Å²) in [5, 5.41) is 0. The maximum absolute atomic E-state index is 12.6. The molecule has 3 rings (SSSR count). The number of hydrogen-bond acceptors (Lipinski definition) is 8. The number of rotatable bonds is 18. The summed E-state index contributed by atoms with van der Waals surface area (Å²) in [5.74, 6) is 6.10. The Balaban J connectivity index is 1.41. The molecule has 0 saturated heterocycles. The molecule has 0 amide bonds. The van der Waals surface area contributed by atoms with Crippen LogP contribution < -0.4 is 0 Å². The minimum absolute atomic E-state index is 0.0686. The summed E-state index contributed by atoms with van der Waals surface area (Å²) in [6.45, 7) is 4.01. The van der Waals surface area contributed by atoms with E-state index in [0.717, 1.165) is 22.3 Å². The second-order valence-electron chi connectivity index (χ2n) is 8.81. The lowest BCUT2D eigenvalue weighted by Crippen LogP contribution is -2.25. The Kier molecular flexibility index (Phi) is 13.9. The molecule has 0 aromatic heterocycles. The fourth-order valence-electron chi connectivity index (χ4n) is 3.91. The molecule has 0 fully saturated rings. The predicted octanol–water partition coefficient (Wildman–Crippen LogP) is 3.20. The van der Waals surface area contributed by atoms with Gasteiger partial charge >= 0.3 is 5.97 Å². The first kappa shape index (κ1) is 29.8. The highest BCUT2D eigenvalue weighted by atomic mass is 16.6. The van der Waals surface area contributed by atoms with Crippen LogP contribution in [-0.2, 0) is 44.4 Å². The molecule has 1 unspecified atom stereocenters. The van der Waals surface area contributed by atoms with Gasteiger partial charge in [-0.05, 0) is 17.7 Å². The highest BCUT2D eigenvalue weighted by Crippen LogP contribution is 2.28. The Morgan fingerprint density at radius 2 is 1.32 bits per heavy atom. The number of carbonyl (C=O) groups is 1. The molecule has 8 nitrogen and oxygen atoms in total. The highest BCUT2D eigenvalue weighted by Gasteiger charge is 2.22. The fraction of sp³-hybridized carbons (Fsp3) is 0.500. The second kappa shape index (κ2) is 17.7. The van der Waals surface area contributed by atoms with Crippen molar-refractivity contribution in [2.45, 2.75) is 12.5 Å². The summed E-state index contributed by atoms with van der Waals surface area (Å²) in [6, 6.07) is 15.7. The van der Waals surface area contributed by atoms with Gasteiger partial charge in [0.25, 0.3) is 0 Å². The molecule has 0 spiro atoms. The van der Waals surface area contributed by atoms with Gasteiger partial charge < -0.3 is 33.2 Å². The molecule has 0 saturated carbocycles. The molecule has 1 aliphatic carbocycles. The summed E-state index contributed by atoms with van der Waals surface area (Å²) in [5.41, 5.74) is 3.76. The van der Waals surface area contributed by atoms with E-state index in [1.807, 2.05) is 48.5 Å². The van der Waals surface area contributed by atoms with E-state index in [1.165, 1.54) is 0 Å². The number of fused-ring (bicyclic) bond motifs is 2. The Morgan fingerprint density at radius 1 is 0.763 bits per heavy atom. The Bertz CT molecular complexity index is 1020. The van der Waals surface area contributed by atoms with Crippen LogP contribution in [0.2, 0.25) is 0 Å². The number of carbonyl (C=O) groups excluding carboxylic acids is 1.